The molecule has 1 unspecified atom stereocenters. The third-order valence-corrected chi connectivity index (χ3v) is 7.06. The average Bonchev–Trinajstić information content (AvgIpc) is 2.82. The van der Waals surface area contributed by atoms with E-state index in [-0.39, 0.29) is 23.6 Å². The van der Waals surface area contributed by atoms with Gasteiger partial charge in [0.1, 0.15) is 5.84 Å². The van der Waals surface area contributed by atoms with E-state index in [1.54, 1.807) is 4.90 Å². The fourth-order valence-electron chi connectivity index (χ4n) is 5.35. The standard InChI is InChI=1S/C26H31N3O3/c27-24(28)20-12-10-17(11-13-20)16-22(18-6-2-1-3-7-18)25(30)29-15-14-19-8-4-5-9-21(19)23(29)26(31)32/h4-5,8-13,18,22-23H,1-3,6-7,14-16H2,(H3,27,28)(H,31,32)/t22-,23?/m0/s1. The highest BCUT2D eigenvalue weighted by Crippen LogP contribution is 2.37. The minimum atomic E-state index is -0.973. The van der Waals surface area contributed by atoms with Crippen molar-refractivity contribution in [1.82, 2.24) is 4.90 Å². The number of amidine groups is 1. The number of carboxylic acids is 1. The lowest BCUT2D eigenvalue weighted by Gasteiger charge is -2.39. The quantitative estimate of drug-likeness (QED) is 0.474. The first-order valence-corrected chi connectivity index (χ1v) is 11.5. The average molecular weight is 434 g/mol. The Balaban J connectivity index is 1.63. The van der Waals surface area contributed by atoms with Gasteiger partial charge in [-0.05, 0) is 48.3 Å². The van der Waals surface area contributed by atoms with Crippen LogP contribution in [-0.4, -0.2) is 34.3 Å². The van der Waals surface area contributed by atoms with Crippen molar-refractivity contribution < 1.29 is 14.7 Å². The lowest BCUT2D eigenvalue weighted by Crippen LogP contribution is -2.48. The molecule has 1 heterocycles. The Morgan fingerprint density at radius 2 is 1.75 bits per heavy atom. The van der Waals surface area contributed by atoms with Crippen LogP contribution in [0.15, 0.2) is 48.5 Å². The van der Waals surface area contributed by atoms with Gasteiger partial charge in [0, 0.05) is 18.0 Å². The summed E-state index contributed by atoms with van der Waals surface area (Å²) < 4.78 is 0. The topological polar surface area (TPSA) is 107 Å². The summed E-state index contributed by atoms with van der Waals surface area (Å²) in [5, 5.41) is 17.6. The van der Waals surface area contributed by atoms with Crippen molar-refractivity contribution >= 4 is 17.7 Å². The lowest BCUT2D eigenvalue weighted by atomic mass is 9.76. The number of carboxylic acid groups (broad SMARTS) is 1. The van der Waals surface area contributed by atoms with Gasteiger partial charge in [-0.25, -0.2) is 4.79 Å². The Morgan fingerprint density at radius 3 is 2.41 bits per heavy atom. The molecule has 0 spiro atoms. The summed E-state index contributed by atoms with van der Waals surface area (Å²) in [7, 11) is 0. The molecular weight excluding hydrogens is 402 g/mol. The predicted molar refractivity (Wildman–Crippen MR) is 123 cm³/mol. The summed E-state index contributed by atoms with van der Waals surface area (Å²) in [5.74, 6) is -0.984. The molecule has 1 amide bonds. The first-order chi connectivity index (χ1) is 15.5. The van der Waals surface area contributed by atoms with Crippen LogP contribution in [0.1, 0.15) is 60.4 Å². The predicted octanol–water partition coefficient (Wildman–Crippen LogP) is 3.92. The normalized spacial score (nSPS) is 19.8. The molecule has 6 heteroatoms. The number of nitrogen functional groups attached to an aromatic ring is 1. The first kappa shape index (κ1) is 22.1. The van der Waals surface area contributed by atoms with E-state index in [9.17, 15) is 14.7 Å². The molecule has 2 aliphatic rings. The van der Waals surface area contributed by atoms with Crippen LogP contribution in [0.4, 0.5) is 0 Å². The van der Waals surface area contributed by atoms with E-state index in [4.69, 9.17) is 11.1 Å². The molecular formula is C26H31N3O3. The van der Waals surface area contributed by atoms with Crippen LogP contribution < -0.4 is 5.73 Å². The molecule has 32 heavy (non-hydrogen) atoms. The molecule has 168 valence electrons. The Bertz CT molecular complexity index is 996. The summed E-state index contributed by atoms with van der Waals surface area (Å²) in [5.41, 5.74) is 9.00. The monoisotopic (exact) mass is 433 g/mol. The number of carbonyl (C=O) groups excluding carboxylic acids is 1. The number of aliphatic carboxylic acids is 1. The Morgan fingerprint density at radius 1 is 1.06 bits per heavy atom. The van der Waals surface area contributed by atoms with Crippen molar-refractivity contribution in [1.29, 1.82) is 5.41 Å². The number of nitrogens with zero attached hydrogens (tertiary/aromatic N) is 1. The highest BCUT2D eigenvalue weighted by atomic mass is 16.4. The fraction of sp³-hybridized carbons (Fsp3) is 0.423. The van der Waals surface area contributed by atoms with Crippen LogP contribution >= 0.6 is 0 Å². The second-order valence-electron chi connectivity index (χ2n) is 9.04. The highest BCUT2D eigenvalue weighted by Gasteiger charge is 2.40. The number of nitrogens with one attached hydrogen (secondary N) is 1. The van der Waals surface area contributed by atoms with Gasteiger partial charge in [-0.15, -0.1) is 0 Å². The summed E-state index contributed by atoms with van der Waals surface area (Å²) in [4.78, 5) is 27.8. The molecule has 4 rings (SSSR count). The minimum Gasteiger partial charge on any atom is -0.479 e. The molecule has 1 fully saturated rings. The number of hydrogen-bond donors (Lipinski definition) is 3. The molecule has 1 saturated carbocycles. The Kier molecular flexibility index (Phi) is 6.58. The van der Waals surface area contributed by atoms with Gasteiger partial charge < -0.3 is 15.7 Å². The molecule has 0 bridgehead atoms. The van der Waals surface area contributed by atoms with Crippen LogP contribution in [-0.2, 0) is 22.4 Å². The maximum atomic E-state index is 13.9. The van der Waals surface area contributed by atoms with E-state index >= 15 is 0 Å². The van der Waals surface area contributed by atoms with Crippen LogP contribution in [0.5, 0.6) is 0 Å². The molecule has 2 aromatic rings. The number of amides is 1. The molecule has 0 radical (unpaired) electrons. The van der Waals surface area contributed by atoms with Crippen LogP contribution in [0.3, 0.4) is 0 Å². The zero-order valence-corrected chi connectivity index (χ0v) is 18.3. The van der Waals surface area contributed by atoms with E-state index < -0.39 is 12.0 Å². The molecule has 1 aliphatic carbocycles. The summed E-state index contributed by atoms with van der Waals surface area (Å²) in [6.07, 6.45) is 6.68. The molecule has 1 aliphatic heterocycles. The second-order valence-corrected chi connectivity index (χ2v) is 9.04. The molecule has 0 aromatic heterocycles. The third-order valence-electron chi connectivity index (χ3n) is 7.06. The number of benzene rings is 2. The molecule has 2 aromatic carbocycles. The van der Waals surface area contributed by atoms with E-state index in [0.29, 0.717) is 24.9 Å². The number of nitrogens with two attached hydrogens (primary N) is 1. The molecule has 0 saturated heterocycles. The van der Waals surface area contributed by atoms with Gasteiger partial charge in [0.15, 0.2) is 6.04 Å². The first-order valence-electron chi connectivity index (χ1n) is 11.5. The van der Waals surface area contributed by atoms with Gasteiger partial charge in [0.2, 0.25) is 5.91 Å². The third kappa shape index (κ3) is 4.54. The van der Waals surface area contributed by atoms with E-state index in [1.165, 1.54) is 6.42 Å². The van der Waals surface area contributed by atoms with Gasteiger partial charge in [0.25, 0.3) is 0 Å². The van der Waals surface area contributed by atoms with Crippen LogP contribution in [0.25, 0.3) is 0 Å². The van der Waals surface area contributed by atoms with Crippen molar-refractivity contribution in [2.75, 3.05) is 6.54 Å². The summed E-state index contributed by atoms with van der Waals surface area (Å²) >= 11 is 0. The summed E-state index contributed by atoms with van der Waals surface area (Å²) in [6, 6.07) is 14.1. The van der Waals surface area contributed by atoms with E-state index in [2.05, 4.69) is 0 Å². The molecule has 2 atom stereocenters. The lowest BCUT2D eigenvalue weighted by molar-refractivity contribution is -0.154. The minimum absolute atomic E-state index is 0.0211. The summed E-state index contributed by atoms with van der Waals surface area (Å²) in [6.45, 7) is 0.430. The smallest absolute Gasteiger partial charge is 0.331 e. The van der Waals surface area contributed by atoms with Crippen LogP contribution in [0, 0.1) is 17.2 Å². The maximum absolute atomic E-state index is 13.9. The molecule has 4 N–H and O–H groups in total. The van der Waals surface area contributed by atoms with E-state index in [0.717, 1.165) is 42.4 Å². The van der Waals surface area contributed by atoms with Gasteiger partial charge in [0.05, 0.1) is 0 Å². The molecule has 6 nitrogen and oxygen atoms in total. The maximum Gasteiger partial charge on any atom is 0.331 e. The SMILES string of the molecule is N=C(N)c1ccc(C[C@H](C(=O)N2CCc3ccccc3C2C(=O)O)C2CCCCC2)cc1. The van der Waals surface area contributed by atoms with E-state index in [1.807, 2.05) is 48.5 Å². The van der Waals surface area contributed by atoms with Crippen molar-refractivity contribution in [3.05, 3.63) is 70.8 Å². The van der Waals surface area contributed by atoms with Crippen molar-refractivity contribution in [2.24, 2.45) is 17.6 Å². The van der Waals surface area contributed by atoms with Gasteiger partial charge in [-0.1, -0.05) is 67.8 Å². The number of rotatable bonds is 6. The number of fused-ring (bicyclic) bond motifs is 1. The zero-order valence-electron chi connectivity index (χ0n) is 18.3. The largest absolute Gasteiger partial charge is 0.479 e. The number of hydrogen-bond acceptors (Lipinski definition) is 3. The Labute approximate surface area is 188 Å². The number of carbonyl (C=O) groups is 2. The fourth-order valence-corrected chi connectivity index (χ4v) is 5.35. The van der Waals surface area contributed by atoms with Gasteiger partial charge in [-0.3, -0.25) is 10.2 Å². The zero-order chi connectivity index (χ0) is 22.7. The van der Waals surface area contributed by atoms with Gasteiger partial charge in [-0.2, -0.15) is 0 Å². The van der Waals surface area contributed by atoms with Crippen molar-refractivity contribution in [3.8, 4) is 0 Å². The van der Waals surface area contributed by atoms with Crippen LogP contribution in [0.2, 0.25) is 0 Å². The second kappa shape index (κ2) is 9.55. The van der Waals surface area contributed by atoms with Gasteiger partial charge >= 0.3 is 5.97 Å². The Hall–Kier alpha value is -3.15. The van der Waals surface area contributed by atoms with Crippen molar-refractivity contribution in [2.45, 2.75) is 51.0 Å². The highest BCUT2D eigenvalue weighted by molar-refractivity contribution is 5.95. The van der Waals surface area contributed by atoms with Crippen molar-refractivity contribution in [3.63, 3.8) is 0 Å².